The molecule has 1 fully saturated rings. The summed E-state index contributed by atoms with van der Waals surface area (Å²) in [4.78, 5) is 34.4. The molecule has 0 aromatic carbocycles. The number of carboxylic acid groups (broad SMARTS) is 1. The molecule has 0 spiro atoms. The van der Waals surface area contributed by atoms with E-state index >= 15 is 0 Å². The zero-order chi connectivity index (χ0) is 18.7. The van der Waals surface area contributed by atoms with Gasteiger partial charge in [0.05, 0.1) is 6.10 Å². The van der Waals surface area contributed by atoms with Crippen LogP contribution in [-0.4, -0.2) is 33.9 Å². The summed E-state index contributed by atoms with van der Waals surface area (Å²) >= 11 is 0. The summed E-state index contributed by atoms with van der Waals surface area (Å²) in [6, 6.07) is 0. The highest BCUT2D eigenvalue weighted by Crippen LogP contribution is 2.33. The van der Waals surface area contributed by atoms with Gasteiger partial charge in [0.15, 0.2) is 5.78 Å². The highest BCUT2D eigenvalue weighted by Gasteiger charge is 2.39. The molecular formula is C20H30O5. The molecule has 0 bridgehead atoms. The quantitative estimate of drug-likeness (QED) is 0.319. The molecule has 5 heteroatoms. The van der Waals surface area contributed by atoms with E-state index in [4.69, 9.17) is 5.11 Å². The third-order valence-corrected chi connectivity index (χ3v) is 4.58. The van der Waals surface area contributed by atoms with Crippen LogP contribution in [0.1, 0.15) is 64.7 Å². The molecule has 0 amide bonds. The lowest BCUT2D eigenvalue weighted by atomic mass is 9.90. The lowest BCUT2D eigenvalue weighted by Gasteiger charge is -2.15. The topological polar surface area (TPSA) is 91.7 Å². The molecule has 0 saturated heterocycles. The molecule has 3 unspecified atom stereocenters. The lowest BCUT2D eigenvalue weighted by molar-refractivity contribution is -0.137. The Hall–Kier alpha value is -1.75. The molecule has 0 aromatic heterocycles. The molecule has 1 aliphatic carbocycles. The zero-order valence-corrected chi connectivity index (χ0v) is 15.0. The first-order valence-electron chi connectivity index (χ1n) is 9.24. The normalized spacial score (nSPS) is 23.8. The van der Waals surface area contributed by atoms with Gasteiger partial charge in [-0.25, -0.2) is 0 Å². The molecule has 25 heavy (non-hydrogen) atoms. The van der Waals surface area contributed by atoms with Gasteiger partial charge >= 0.3 is 5.97 Å². The van der Waals surface area contributed by atoms with E-state index in [1.807, 2.05) is 12.2 Å². The summed E-state index contributed by atoms with van der Waals surface area (Å²) in [6.07, 6.45) is 11.8. The van der Waals surface area contributed by atoms with Crippen LogP contribution in [0.15, 0.2) is 24.3 Å². The molecule has 1 aliphatic rings. The summed E-state index contributed by atoms with van der Waals surface area (Å²) < 4.78 is 0. The first-order valence-corrected chi connectivity index (χ1v) is 9.24. The second kappa shape index (κ2) is 11.7. The Bertz CT molecular complexity index is 506. The molecule has 1 saturated carbocycles. The standard InChI is InChI=1S/C20H30O5/c1-2-3-6-9-15(21)12-13-17-16(18(22)14-19(17)23)10-7-4-5-8-11-20(24)25/h4,7,12-13,16-17,19,23H,2-3,5-6,8-11,14H2,1H3,(H,24,25)/b7-4?,13-12+. The van der Waals surface area contributed by atoms with Gasteiger partial charge in [-0.05, 0) is 31.8 Å². The Morgan fingerprint density at radius 1 is 1.16 bits per heavy atom. The first kappa shape index (κ1) is 21.3. The number of aliphatic carboxylic acids is 1. The number of carbonyl (C=O) groups is 3. The number of hydrogen-bond acceptors (Lipinski definition) is 4. The van der Waals surface area contributed by atoms with Crippen molar-refractivity contribution >= 4 is 17.5 Å². The number of rotatable bonds is 12. The van der Waals surface area contributed by atoms with E-state index in [-0.39, 0.29) is 36.2 Å². The number of allylic oxidation sites excluding steroid dienone is 3. The molecule has 0 heterocycles. The average molecular weight is 350 g/mol. The van der Waals surface area contributed by atoms with Crippen LogP contribution in [0.5, 0.6) is 0 Å². The Labute approximate surface area is 149 Å². The van der Waals surface area contributed by atoms with Gasteiger partial charge in [0, 0.05) is 31.1 Å². The van der Waals surface area contributed by atoms with Crippen molar-refractivity contribution in [1.29, 1.82) is 0 Å². The summed E-state index contributed by atoms with van der Waals surface area (Å²) in [5, 5.41) is 18.7. The van der Waals surface area contributed by atoms with Crippen LogP contribution in [0.25, 0.3) is 0 Å². The SMILES string of the molecule is CCCCCC(=O)/C=C/C1C(O)CC(=O)C1CC=CCCCC(=O)O. The van der Waals surface area contributed by atoms with E-state index in [0.717, 1.165) is 19.3 Å². The van der Waals surface area contributed by atoms with Crippen molar-refractivity contribution in [2.75, 3.05) is 0 Å². The Kier molecular flexibility index (Phi) is 10.0. The number of carbonyl (C=O) groups excluding carboxylic acids is 2. The van der Waals surface area contributed by atoms with Gasteiger partial charge in [-0.3, -0.25) is 14.4 Å². The molecule has 3 atom stereocenters. The van der Waals surface area contributed by atoms with Crippen molar-refractivity contribution in [3.8, 4) is 0 Å². The maximum absolute atomic E-state index is 12.1. The van der Waals surface area contributed by atoms with E-state index in [1.165, 1.54) is 6.08 Å². The van der Waals surface area contributed by atoms with Crippen molar-refractivity contribution in [2.45, 2.75) is 70.8 Å². The van der Waals surface area contributed by atoms with Gasteiger partial charge in [0.2, 0.25) is 0 Å². The smallest absolute Gasteiger partial charge is 0.303 e. The monoisotopic (exact) mass is 350 g/mol. The van der Waals surface area contributed by atoms with E-state index < -0.39 is 12.1 Å². The van der Waals surface area contributed by atoms with Crippen molar-refractivity contribution in [3.63, 3.8) is 0 Å². The molecule has 2 N–H and O–H groups in total. The first-order chi connectivity index (χ1) is 12.0. The second-order valence-electron chi connectivity index (χ2n) is 6.70. The predicted octanol–water partition coefficient (Wildman–Crippen LogP) is 3.46. The molecule has 1 rings (SSSR count). The summed E-state index contributed by atoms with van der Waals surface area (Å²) in [6.45, 7) is 2.08. The number of hydrogen-bond donors (Lipinski definition) is 2. The summed E-state index contributed by atoms with van der Waals surface area (Å²) in [7, 11) is 0. The Morgan fingerprint density at radius 2 is 1.92 bits per heavy atom. The van der Waals surface area contributed by atoms with E-state index in [0.29, 0.717) is 25.7 Å². The van der Waals surface area contributed by atoms with E-state index in [2.05, 4.69) is 6.92 Å². The maximum Gasteiger partial charge on any atom is 0.303 e. The number of ketones is 2. The second-order valence-corrected chi connectivity index (χ2v) is 6.70. The number of aliphatic hydroxyl groups is 1. The lowest BCUT2D eigenvalue weighted by Crippen LogP contribution is -2.18. The van der Waals surface area contributed by atoms with Crippen LogP contribution in [0.2, 0.25) is 0 Å². The zero-order valence-electron chi connectivity index (χ0n) is 15.0. The predicted molar refractivity (Wildman–Crippen MR) is 96.1 cm³/mol. The van der Waals surface area contributed by atoms with Crippen LogP contribution in [0.3, 0.4) is 0 Å². The number of unbranched alkanes of at least 4 members (excludes halogenated alkanes) is 3. The summed E-state index contributed by atoms with van der Waals surface area (Å²) in [5.41, 5.74) is 0. The fourth-order valence-corrected chi connectivity index (χ4v) is 3.11. The van der Waals surface area contributed by atoms with Crippen LogP contribution in [0.4, 0.5) is 0 Å². The van der Waals surface area contributed by atoms with Crippen LogP contribution < -0.4 is 0 Å². The fraction of sp³-hybridized carbons (Fsp3) is 0.650. The van der Waals surface area contributed by atoms with Gasteiger partial charge in [-0.1, -0.05) is 38.0 Å². The van der Waals surface area contributed by atoms with Gasteiger partial charge < -0.3 is 10.2 Å². The van der Waals surface area contributed by atoms with Crippen LogP contribution in [-0.2, 0) is 14.4 Å². The Morgan fingerprint density at radius 3 is 2.60 bits per heavy atom. The minimum atomic E-state index is -0.809. The highest BCUT2D eigenvalue weighted by atomic mass is 16.4. The third kappa shape index (κ3) is 8.25. The van der Waals surface area contributed by atoms with Gasteiger partial charge in [-0.2, -0.15) is 0 Å². The molecule has 0 aliphatic heterocycles. The average Bonchev–Trinajstić information content (AvgIpc) is 2.82. The molecule has 0 radical (unpaired) electrons. The van der Waals surface area contributed by atoms with Gasteiger partial charge in [0.25, 0.3) is 0 Å². The number of Topliss-reactive ketones (excluding diaryl/α,β-unsaturated/α-hetero) is 1. The fourth-order valence-electron chi connectivity index (χ4n) is 3.11. The van der Waals surface area contributed by atoms with Crippen molar-refractivity contribution < 1.29 is 24.6 Å². The Balaban J connectivity index is 2.49. The minimum Gasteiger partial charge on any atom is -0.481 e. The third-order valence-electron chi connectivity index (χ3n) is 4.58. The van der Waals surface area contributed by atoms with Crippen molar-refractivity contribution in [3.05, 3.63) is 24.3 Å². The van der Waals surface area contributed by atoms with Crippen LogP contribution >= 0.6 is 0 Å². The number of aliphatic hydroxyl groups excluding tert-OH is 1. The molecule has 5 nitrogen and oxygen atoms in total. The largest absolute Gasteiger partial charge is 0.481 e. The van der Waals surface area contributed by atoms with Crippen LogP contribution in [0, 0.1) is 11.8 Å². The van der Waals surface area contributed by atoms with Crippen molar-refractivity contribution in [2.24, 2.45) is 11.8 Å². The van der Waals surface area contributed by atoms with Crippen molar-refractivity contribution in [1.82, 2.24) is 0 Å². The van der Waals surface area contributed by atoms with E-state index in [1.54, 1.807) is 6.08 Å². The molecule has 0 aromatic rings. The van der Waals surface area contributed by atoms with Gasteiger partial charge in [-0.15, -0.1) is 0 Å². The van der Waals surface area contributed by atoms with Gasteiger partial charge in [0.1, 0.15) is 5.78 Å². The number of carboxylic acids is 1. The maximum atomic E-state index is 12.1. The minimum absolute atomic E-state index is 0.0239. The highest BCUT2D eigenvalue weighted by molar-refractivity contribution is 5.90. The van der Waals surface area contributed by atoms with E-state index in [9.17, 15) is 19.5 Å². The molecular weight excluding hydrogens is 320 g/mol. The summed E-state index contributed by atoms with van der Waals surface area (Å²) in [5.74, 6) is -1.35. The molecule has 140 valence electrons.